The number of aryl methyl sites for hydroxylation is 1. The average molecular weight is 150 g/mol. The summed E-state index contributed by atoms with van der Waals surface area (Å²) < 4.78 is 5.25. The molecular formula is C9H10O2. The third-order valence-corrected chi connectivity index (χ3v) is 2.33. The summed E-state index contributed by atoms with van der Waals surface area (Å²) in [6.07, 6.45) is 4.56. The van der Waals surface area contributed by atoms with Crippen molar-refractivity contribution in [1.82, 2.24) is 0 Å². The maximum atomic E-state index is 10.7. The molecule has 0 amide bonds. The molecule has 1 fully saturated rings. The van der Waals surface area contributed by atoms with Crippen molar-refractivity contribution in [3.8, 4) is 0 Å². The number of aldehydes is 1. The van der Waals surface area contributed by atoms with Crippen molar-refractivity contribution in [2.75, 3.05) is 0 Å². The Labute approximate surface area is 65.2 Å². The molecule has 0 saturated heterocycles. The molecule has 2 rings (SSSR count). The SMILES string of the molecule is Cc1ccoc1C1(C=O)CC1. The first-order chi connectivity index (χ1) is 5.28. The van der Waals surface area contributed by atoms with E-state index in [1.165, 1.54) is 0 Å². The van der Waals surface area contributed by atoms with Gasteiger partial charge < -0.3 is 9.21 Å². The first kappa shape index (κ1) is 6.65. The molecule has 1 heterocycles. The summed E-state index contributed by atoms with van der Waals surface area (Å²) in [5.74, 6) is 0.868. The van der Waals surface area contributed by atoms with Gasteiger partial charge in [-0.1, -0.05) is 0 Å². The molecule has 58 valence electrons. The summed E-state index contributed by atoms with van der Waals surface area (Å²) in [5.41, 5.74) is 0.850. The Morgan fingerprint density at radius 2 is 2.36 bits per heavy atom. The van der Waals surface area contributed by atoms with Gasteiger partial charge in [0.1, 0.15) is 12.0 Å². The second-order valence-corrected chi connectivity index (χ2v) is 3.21. The minimum Gasteiger partial charge on any atom is -0.468 e. The van der Waals surface area contributed by atoms with Gasteiger partial charge in [0.05, 0.1) is 11.7 Å². The van der Waals surface area contributed by atoms with Crippen LogP contribution in [0, 0.1) is 6.92 Å². The summed E-state index contributed by atoms with van der Waals surface area (Å²) in [6, 6.07) is 1.90. The van der Waals surface area contributed by atoms with Gasteiger partial charge in [-0.3, -0.25) is 0 Å². The molecule has 0 unspecified atom stereocenters. The van der Waals surface area contributed by atoms with E-state index in [1.807, 2.05) is 13.0 Å². The highest BCUT2D eigenvalue weighted by Crippen LogP contribution is 2.47. The van der Waals surface area contributed by atoms with E-state index in [2.05, 4.69) is 0 Å². The lowest BCUT2D eigenvalue weighted by atomic mass is 10.0. The topological polar surface area (TPSA) is 30.2 Å². The zero-order chi connectivity index (χ0) is 7.90. The van der Waals surface area contributed by atoms with E-state index >= 15 is 0 Å². The van der Waals surface area contributed by atoms with E-state index in [9.17, 15) is 4.79 Å². The maximum absolute atomic E-state index is 10.7. The van der Waals surface area contributed by atoms with Crippen molar-refractivity contribution in [3.63, 3.8) is 0 Å². The Hall–Kier alpha value is -1.05. The number of carbonyl (C=O) groups excluding carboxylic acids is 1. The lowest BCUT2D eigenvalue weighted by Gasteiger charge is -2.02. The van der Waals surface area contributed by atoms with Crippen molar-refractivity contribution >= 4 is 6.29 Å². The third kappa shape index (κ3) is 0.821. The number of hydrogen-bond acceptors (Lipinski definition) is 2. The number of hydrogen-bond donors (Lipinski definition) is 0. The van der Waals surface area contributed by atoms with Crippen LogP contribution in [0.5, 0.6) is 0 Å². The summed E-state index contributed by atoms with van der Waals surface area (Å²) >= 11 is 0. The highest BCUT2D eigenvalue weighted by molar-refractivity contribution is 5.72. The van der Waals surface area contributed by atoms with Gasteiger partial charge >= 0.3 is 0 Å². The fourth-order valence-electron chi connectivity index (χ4n) is 1.42. The molecule has 0 aliphatic heterocycles. The quantitative estimate of drug-likeness (QED) is 0.602. The van der Waals surface area contributed by atoms with Crippen LogP contribution in [-0.2, 0) is 10.2 Å². The van der Waals surface area contributed by atoms with Crippen molar-refractivity contribution in [1.29, 1.82) is 0 Å². The second kappa shape index (κ2) is 1.97. The summed E-state index contributed by atoms with van der Waals surface area (Å²) in [4.78, 5) is 10.7. The molecule has 1 aromatic rings. The van der Waals surface area contributed by atoms with E-state index in [0.29, 0.717) is 0 Å². The highest BCUT2D eigenvalue weighted by atomic mass is 16.3. The number of carbonyl (C=O) groups is 1. The normalized spacial score (nSPS) is 19.7. The molecule has 0 N–H and O–H groups in total. The van der Waals surface area contributed by atoms with Crippen molar-refractivity contribution < 1.29 is 9.21 Å². The second-order valence-electron chi connectivity index (χ2n) is 3.21. The number of rotatable bonds is 2. The zero-order valence-corrected chi connectivity index (χ0v) is 6.46. The standard InChI is InChI=1S/C9H10O2/c1-7-2-5-11-8(7)9(6-10)3-4-9/h2,5-6H,3-4H2,1H3. The fourth-order valence-corrected chi connectivity index (χ4v) is 1.42. The predicted octanol–water partition coefficient (Wildman–Crippen LogP) is 1.82. The minimum absolute atomic E-state index is 0.242. The van der Waals surface area contributed by atoms with Gasteiger partial charge in [-0.25, -0.2) is 0 Å². The Balaban J connectivity index is 2.43. The molecule has 2 heteroatoms. The highest BCUT2D eigenvalue weighted by Gasteiger charge is 2.47. The summed E-state index contributed by atoms with van der Waals surface area (Å²) in [5, 5.41) is 0. The van der Waals surface area contributed by atoms with Gasteiger partial charge in [-0.15, -0.1) is 0 Å². The Kier molecular flexibility index (Phi) is 1.19. The van der Waals surface area contributed by atoms with Crippen LogP contribution >= 0.6 is 0 Å². The largest absolute Gasteiger partial charge is 0.468 e. The van der Waals surface area contributed by atoms with Gasteiger partial charge in [0.15, 0.2) is 0 Å². The van der Waals surface area contributed by atoms with Crippen molar-refractivity contribution in [2.24, 2.45) is 0 Å². The molecule has 0 aromatic carbocycles. The summed E-state index contributed by atoms with van der Waals surface area (Å²) in [6.45, 7) is 1.97. The zero-order valence-electron chi connectivity index (χ0n) is 6.46. The van der Waals surface area contributed by atoms with Crippen LogP contribution in [0.2, 0.25) is 0 Å². The Morgan fingerprint density at radius 1 is 1.64 bits per heavy atom. The molecule has 1 aliphatic rings. The molecule has 0 radical (unpaired) electrons. The minimum atomic E-state index is -0.242. The van der Waals surface area contributed by atoms with Crippen molar-refractivity contribution in [3.05, 3.63) is 23.7 Å². The lowest BCUT2D eigenvalue weighted by molar-refractivity contribution is -0.110. The van der Waals surface area contributed by atoms with Crippen LogP contribution < -0.4 is 0 Å². The van der Waals surface area contributed by atoms with E-state index in [1.54, 1.807) is 6.26 Å². The molecular weight excluding hydrogens is 140 g/mol. The molecule has 1 saturated carbocycles. The van der Waals surface area contributed by atoms with Crippen LogP contribution in [0.1, 0.15) is 24.2 Å². The van der Waals surface area contributed by atoms with E-state index in [-0.39, 0.29) is 5.41 Å². The number of furan rings is 1. The summed E-state index contributed by atoms with van der Waals surface area (Å²) in [7, 11) is 0. The fraction of sp³-hybridized carbons (Fsp3) is 0.444. The maximum Gasteiger partial charge on any atom is 0.133 e. The molecule has 11 heavy (non-hydrogen) atoms. The average Bonchev–Trinajstić information content (AvgIpc) is 2.70. The van der Waals surface area contributed by atoms with E-state index in [4.69, 9.17) is 4.42 Å². The third-order valence-electron chi connectivity index (χ3n) is 2.33. The monoisotopic (exact) mass is 150 g/mol. The van der Waals surface area contributed by atoms with Gasteiger partial charge in [0.2, 0.25) is 0 Å². The van der Waals surface area contributed by atoms with Gasteiger partial charge in [-0.05, 0) is 31.4 Å². The molecule has 0 spiro atoms. The molecule has 1 aliphatic carbocycles. The van der Waals surface area contributed by atoms with Gasteiger partial charge in [-0.2, -0.15) is 0 Å². The first-order valence-electron chi connectivity index (χ1n) is 3.79. The van der Waals surface area contributed by atoms with Gasteiger partial charge in [0.25, 0.3) is 0 Å². The first-order valence-corrected chi connectivity index (χ1v) is 3.79. The van der Waals surface area contributed by atoms with Crippen LogP contribution in [-0.4, -0.2) is 6.29 Å². The van der Waals surface area contributed by atoms with Crippen LogP contribution in [0.3, 0.4) is 0 Å². The Morgan fingerprint density at radius 3 is 2.73 bits per heavy atom. The lowest BCUT2D eigenvalue weighted by Crippen LogP contribution is -2.07. The van der Waals surface area contributed by atoms with E-state index < -0.39 is 0 Å². The van der Waals surface area contributed by atoms with E-state index in [0.717, 1.165) is 30.5 Å². The molecule has 0 atom stereocenters. The molecule has 0 bridgehead atoms. The van der Waals surface area contributed by atoms with Gasteiger partial charge in [0, 0.05) is 0 Å². The Bertz CT molecular complexity index is 282. The van der Waals surface area contributed by atoms with Crippen LogP contribution in [0.25, 0.3) is 0 Å². The molecule has 1 aromatic heterocycles. The molecule has 2 nitrogen and oxygen atoms in total. The smallest absolute Gasteiger partial charge is 0.133 e. The van der Waals surface area contributed by atoms with Crippen LogP contribution in [0.4, 0.5) is 0 Å². The van der Waals surface area contributed by atoms with Crippen LogP contribution in [0.15, 0.2) is 16.7 Å². The predicted molar refractivity (Wildman–Crippen MR) is 40.4 cm³/mol. The van der Waals surface area contributed by atoms with Crippen molar-refractivity contribution in [2.45, 2.75) is 25.2 Å².